The number of nitrogens with one attached hydrogen (secondary N) is 1. The van der Waals surface area contributed by atoms with Crippen molar-refractivity contribution in [1.29, 1.82) is 0 Å². The van der Waals surface area contributed by atoms with Gasteiger partial charge in [-0.05, 0) is 68.8 Å². The second kappa shape index (κ2) is 8.30. The number of aromatic nitrogens is 2. The predicted molar refractivity (Wildman–Crippen MR) is 110 cm³/mol. The summed E-state index contributed by atoms with van der Waals surface area (Å²) in [5.41, 5.74) is 1.78. The molecule has 0 saturated heterocycles. The van der Waals surface area contributed by atoms with Crippen molar-refractivity contribution in [2.45, 2.75) is 46.7 Å². The maximum absolute atomic E-state index is 11.6. The molecule has 148 valence electrons. The van der Waals surface area contributed by atoms with E-state index in [1.54, 1.807) is 16.8 Å². The van der Waals surface area contributed by atoms with Gasteiger partial charge in [0.05, 0.1) is 17.1 Å². The Balaban J connectivity index is 2.37. The van der Waals surface area contributed by atoms with Crippen molar-refractivity contribution in [2.75, 3.05) is 15.9 Å². The number of benzene rings is 1. The van der Waals surface area contributed by atoms with Crippen LogP contribution in [0.2, 0.25) is 0 Å². The van der Waals surface area contributed by atoms with Crippen molar-refractivity contribution >= 4 is 43.0 Å². The van der Waals surface area contributed by atoms with Gasteiger partial charge in [0.2, 0.25) is 15.2 Å². The highest BCUT2D eigenvalue weighted by atomic mass is 32.2. The van der Waals surface area contributed by atoms with Gasteiger partial charge in [0.25, 0.3) is 0 Å². The fourth-order valence-electron chi connectivity index (χ4n) is 2.68. The van der Waals surface area contributed by atoms with Crippen molar-refractivity contribution in [1.82, 2.24) is 5.10 Å². The van der Waals surface area contributed by atoms with Gasteiger partial charge >= 0.3 is 5.13 Å². The summed E-state index contributed by atoms with van der Waals surface area (Å²) >= 11 is 1.44. The predicted octanol–water partition coefficient (Wildman–Crippen LogP) is 3.69. The molecule has 1 N–H and O–H groups in total. The zero-order valence-electron chi connectivity index (χ0n) is 16.8. The quantitative estimate of drug-likeness (QED) is 0.556. The summed E-state index contributed by atoms with van der Waals surface area (Å²) in [6.45, 7) is 10.4. The molecule has 0 aliphatic carbocycles. The minimum atomic E-state index is -3.41. The van der Waals surface area contributed by atoms with Crippen molar-refractivity contribution in [3.05, 3.63) is 23.8 Å². The second-order valence-corrected chi connectivity index (χ2v) is 9.66. The maximum Gasteiger partial charge on any atom is 0.431 e. The number of hydrogen-bond donors (Lipinski definition) is 1. The number of hydrogen-bond acceptors (Lipinski definition) is 7. The maximum atomic E-state index is 11.6. The van der Waals surface area contributed by atoms with Crippen LogP contribution in [0, 0.1) is 6.92 Å². The van der Waals surface area contributed by atoms with Crippen LogP contribution in [0.1, 0.15) is 33.3 Å². The molecular weight excluding hydrogens is 384 g/mol. The van der Waals surface area contributed by atoms with E-state index in [0.717, 1.165) is 17.0 Å². The van der Waals surface area contributed by atoms with Crippen LogP contribution in [0.15, 0.2) is 28.4 Å². The Hall–Kier alpha value is -2.07. The molecule has 8 nitrogen and oxygen atoms in total. The van der Waals surface area contributed by atoms with Crippen LogP contribution in [0.25, 0.3) is 0 Å². The first kappa shape index (κ1) is 21.2. The Morgan fingerprint density at radius 3 is 2.37 bits per heavy atom. The van der Waals surface area contributed by atoms with Crippen LogP contribution in [0.4, 0.5) is 21.6 Å². The Labute approximate surface area is 165 Å². The molecule has 0 saturated carbocycles. The van der Waals surface area contributed by atoms with Crippen LogP contribution in [0.3, 0.4) is 0 Å². The fraction of sp³-hybridized carbons (Fsp3) is 0.529. The van der Waals surface area contributed by atoms with Gasteiger partial charge in [-0.25, -0.2) is 8.42 Å². The Morgan fingerprint density at radius 2 is 1.81 bits per heavy atom. The molecule has 0 unspecified atom stereocenters. The van der Waals surface area contributed by atoms with E-state index < -0.39 is 10.0 Å². The highest BCUT2D eigenvalue weighted by Crippen LogP contribution is 2.31. The van der Waals surface area contributed by atoms with Gasteiger partial charge in [-0.15, -0.1) is 4.68 Å². The summed E-state index contributed by atoms with van der Waals surface area (Å²) in [5, 5.41) is 14.6. The zero-order valence-corrected chi connectivity index (χ0v) is 18.4. The number of anilines is 2. The zero-order chi connectivity index (χ0) is 20.4. The molecule has 27 heavy (non-hydrogen) atoms. The third kappa shape index (κ3) is 5.70. The SMILES string of the molecule is Cc1ccc(N=Nc2sc(N(C(C)C)C(C)C)n[n+]2C)c(NS(C)(=O)=O)c1. The molecule has 0 atom stereocenters. The molecule has 2 rings (SSSR count). The Kier molecular flexibility index (Phi) is 6.53. The summed E-state index contributed by atoms with van der Waals surface area (Å²) in [6.07, 6.45) is 1.11. The molecule has 10 heteroatoms. The standard InChI is InChI=1S/C17H26N6O2S2/c1-11(2)23(12(3)4)17-20-22(6)16(26-17)19-18-14-9-8-13(5)10-15(14)21-27(7,24)25/h8-12H,1-7H3/p+1. The molecule has 0 radical (unpaired) electrons. The van der Waals surface area contributed by atoms with E-state index in [9.17, 15) is 8.42 Å². The average Bonchev–Trinajstić information content (AvgIpc) is 2.84. The second-order valence-electron chi connectivity index (χ2n) is 6.98. The van der Waals surface area contributed by atoms with Crippen molar-refractivity contribution in [3.8, 4) is 0 Å². The Bertz CT molecular complexity index is 927. The lowest BCUT2D eigenvalue weighted by Gasteiger charge is -2.28. The van der Waals surface area contributed by atoms with Crippen LogP contribution >= 0.6 is 11.3 Å². The molecule has 0 aliphatic heterocycles. The summed E-state index contributed by atoms with van der Waals surface area (Å²) < 4.78 is 27.4. The molecule has 0 bridgehead atoms. The van der Waals surface area contributed by atoms with Crippen LogP contribution in [-0.2, 0) is 17.1 Å². The van der Waals surface area contributed by atoms with E-state index in [2.05, 4.69) is 52.6 Å². The molecule has 2 aromatic rings. The highest BCUT2D eigenvalue weighted by molar-refractivity contribution is 7.92. The van der Waals surface area contributed by atoms with Gasteiger partial charge in [-0.3, -0.25) is 4.72 Å². The lowest BCUT2D eigenvalue weighted by Crippen LogP contribution is -2.39. The first-order chi connectivity index (χ1) is 12.5. The van der Waals surface area contributed by atoms with Gasteiger partial charge < -0.3 is 4.90 Å². The molecule has 1 aromatic carbocycles. The fourth-order valence-corrected chi connectivity index (χ4v) is 4.35. The molecule has 0 amide bonds. The molecule has 0 fully saturated rings. The van der Waals surface area contributed by atoms with Gasteiger partial charge in [-0.2, -0.15) is 0 Å². The van der Waals surface area contributed by atoms with Gasteiger partial charge in [-0.1, -0.05) is 11.2 Å². The van der Waals surface area contributed by atoms with Crippen molar-refractivity contribution < 1.29 is 13.1 Å². The lowest BCUT2D eigenvalue weighted by atomic mass is 10.2. The summed E-state index contributed by atoms with van der Waals surface area (Å²) in [5.74, 6) is 0. The number of aryl methyl sites for hydroxylation is 2. The average molecular weight is 412 g/mol. The van der Waals surface area contributed by atoms with E-state index in [-0.39, 0.29) is 0 Å². The topological polar surface area (TPSA) is 90.9 Å². The van der Waals surface area contributed by atoms with Crippen LogP contribution in [0.5, 0.6) is 0 Å². The van der Waals surface area contributed by atoms with Crippen LogP contribution in [-0.4, -0.2) is 31.9 Å². The molecule has 1 heterocycles. The third-order valence-corrected chi connectivity index (χ3v) is 5.31. The van der Waals surface area contributed by atoms with Crippen molar-refractivity contribution in [3.63, 3.8) is 0 Å². The Morgan fingerprint density at radius 1 is 1.19 bits per heavy atom. The number of nitrogens with zero attached hydrogens (tertiary/aromatic N) is 5. The largest absolute Gasteiger partial charge is 0.431 e. The van der Waals surface area contributed by atoms with E-state index in [0.29, 0.717) is 28.6 Å². The monoisotopic (exact) mass is 411 g/mol. The van der Waals surface area contributed by atoms with Crippen molar-refractivity contribution in [2.24, 2.45) is 17.3 Å². The summed E-state index contributed by atoms with van der Waals surface area (Å²) in [6, 6.07) is 5.95. The van der Waals surface area contributed by atoms with Gasteiger partial charge in [0, 0.05) is 12.1 Å². The first-order valence-electron chi connectivity index (χ1n) is 8.63. The molecule has 0 spiro atoms. The highest BCUT2D eigenvalue weighted by Gasteiger charge is 2.24. The van der Waals surface area contributed by atoms with E-state index >= 15 is 0 Å². The minimum Gasteiger partial charge on any atom is -0.340 e. The minimum absolute atomic E-state index is 0.309. The number of sulfonamides is 1. The number of rotatable bonds is 7. The van der Waals surface area contributed by atoms with E-state index in [1.165, 1.54) is 11.3 Å². The number of azo groups is 1. The molecule has 1 aromatic heterocycles. The summed E-state index contributed by atoms with van der Waals surface area (Å²) in [7, 11) is -1.59. The normalized spacial score (nSPS) is 12.3. The van der Waals surface area contributed by atoms with Gasteiger partial charge in [0.15, 0.2) is 0 Å². The smallest absolute Gasteiger partial charge is 0.340 e. The summed E-state index contributed by atoms with van der Waals surface area (Å²) in [4.78, 5) is 2.21. The van der Waals surface area contributed by atoms with E-state index in [1.807, 2.05) is 20.0 Å². The third-order valence-electron chi connectivity index (χ3n) is 3.72. The lowest BCUT2D eigenvalue weighted by molar-refractivity contribution is -0.712. The van der Waals surface area contributed by atoms with Gasteiger partial charge in [0.1, 0.15) is 12.7 Å². The first-order valence-corrected chi connectivity index (χ1v) is 11.3. The van der Waals surface area contributed by atoms with E-state index in [4.69, 9.17) is 0 Å². The molecular formula is C17H27N6O2S2+. The molecule has 0 aliphatic rings. The van der Waals surface area contributed by atoms with Crippen LogP contribution < -0.4 is 14.3 Å².